The summed E-state index contributed by atoms with van der Waals surface area (Å²) in [6.07, 6.45) is 13.2. The van der Waals surface area contributed by atoms with E-state index in [2.05, 4.69) is 178 Å². The van der Waals surface area contributed by atoms with E-state index in [0.717, 1.165) is 87.7 Å². The van der Waals surface area contributed by atoms with Gasteiger partial charge >= 0.3 is 0 Å². The summed E-state index contributed by atoms with van der Waals surface area (Å²) < 4.78 is 2.26. The molecule has 6 aromatic carbocycles. The highest BCUT2D eigenvalue weighted by atomic mass is 15.1. The van der Waals surface area contributed by atoms with E-state index >= 15 is 0 Å². The van der Waals surface area contributed by atoms with Crippen LogP contribution in [-0.2, 0) is 25.7 Å². The minimum Gasteiger partial charge on any atom is -0.300 e. The third kappa shape index (κ3) is 9.05. The van der Waals surface area contributed by atoms with Crippen LogP contribution in [0.15, 0.2) is 225 Å². The second-order valence-corrected chi connectivity index (χ2v) is 15.9. The van der Waals surface area contributed by atoms with Gasteiger partial charge in [-0.05, 0) is 131 Å². The normalized spacial score (nSPS) is 11.1. The molecule has 10 aromatic rings. The minimum absolute atomic E-state index is 0.892. The molecule has 0 aliphatic rings. The molecule has 0 saturated carbocycles. The molecule has 63 heavy (non-hydrogen) atoms. The van der Waals surface area contributed by atoms with Crippen molar-refractivity contribution >= 4 is 0 Å². The lowest BCUT2D eigenvalue weighted by Gasteiger charge is -2.17. The van der Waals surface area contributed by atoms with Gasteiger partial charge in [0.1, 0.15) is 5.82 Å². The van der Waals surface area contributed by atoms with Crippen molar-refractivity contribution in [3.8, 4) is 73.1 Å². The first-order valence-electron chi connectivity index (χ1n) is 21.6. The van der Waals surface area contributed by atoms with Crippen LogP contribution in [0.2, 0.25) is 0 Å². The lowest BCUT2D eigenvalue weighted by atomic mass is 9.93. The maximum atomic E-state index is 5.07. The summed E-state index contributed by atoms with van der Waals surface area (Å²) in [5.74, 6) is 0.892. The van der Waals surface area contributed by atoms with Crippen LogP contribution in [0.5, 0.6) is 0 Å². The van der Waals surface area contributed by atoms with E-state index in [1.165, 1.54) is 33.4 Å². The van der Waals surface area contributed by atoms with Gasteiger partial charge in [-0.2, -0.15) is 0 Å². The van der Waals surface area contributed by atoms with Crippen LogP contribution in [0, 0.1) is 0 Å². The van der Waals surface area contributed by atoms with Gasteiger partial charge < -0.3 is 0 Å². The van der Waals surface area contributed by atoms with Gasteiger partial charge in [-0.15, -0.1) is 0 Å². The fraction of sp³-hybridized carbons (Fsp3) is 0.0690. The van der Waals surface area contributed by atoms with Crippen molar-refractivity contribution in [2.75, 3.05) is 0 Å². The van der Waals surface area contributed by atoms with Crippen molar-refractivity contribution in [1.29, 1.82) is 0 Å². The number of hydrogen-bond acceptors (Lipinski definition) is 4. The molecule has 5 nitrogen and oxygen atoms in total. The number of benzene rings is 6. The van der Waals surface area contributed by atoms with Crippen molar-refractivity contribution in [2.45, 2.75) is 25.7 Å². The molecule has 302 valence electrons. The molecule has 0 unspecified atom stereocenters. The van der Waals surface area contributed by atoms with Crippen LogP contribution in [0.3, 0.4) is 0 Å². The zero-order valence-corrected chi connectivity index (χ0v) is 34.9. The van der Waals surface area contributed by atoms with E-state index < -0.39 is 0 Å². The van der Waals surface area contributed by atoms with Gasteiger partial charge in [0.15, 0.2) is 0 Å². The van der Waals surface area contributed by atoms with Gasteiger partial charge in [0.05, 0.1) is 17.1 Å². The fourth-order valence-electron chi connectivity index (χ4n) is 8.35. The number of imidazole rings is 1. The summed E-state index contributed by atoms with van der Waals surface area (Å²) in [4.78, 5) is 18.9. The molecule has 4 aromatic heterocycles. The SMILES string of the molecule is c1ccc(-c2ccc(-c3cc(-c4ccccn4)ccc3-c3nccn3-c3cc(CCc4ccc(-c5ccccn5)cc4)cc(CCc4ccc(-c5ccccn5)cc4)c3)cc2)cc1. The van der Waals surface area contributed by atoms with Gasteiger partial charge in [-0.1, -0.05) is 133 Å². The standard InChI is InChI=1S/C58H45N5/c1-2-10-46(11-3-1)47-27-29-48(30-28-47)54-41-51(57-14-6-9-35-61-57)31-32-53(54)58-62-36-37-63(58)52-39-44(17-15-42-19-23-49(24-20-42)55-12-4-7-33-59-55)38-45(40-52)18-16-43-21-25-50(26-22-43)56-13-5-8-34-60-56/h1-14,19-41H,15-18H2. The van der Waals surface area contributed by atoms with E-state index in [0.29, 0.717) is 0 Å². The van der Waals surface area contributed by atoms with Crippen LogP contribution in [0.25, 0.3) is 73.1 Å². The molecule has 0 amide bonds. The summed E-state index contributed by atoms with van der Waals surface area (Å²) in [7, 11) is 0. The van der Waals surface area contributed by atoms with Crippen LogP contribution >= 0.6 is 0 Å². The monoisotopic (exact) mass is 811 g/mol. The Morgan fingerprint density at radius 1 is 0.302 bits per heavy atom. The summed E-state index contributed by atoms with van der Waals surface area (Å²) in [5.41, 5.74) is 18.2. The largest absolute Gasteiger partial charge is 0.300 e. The molecule has 0 fully saturated rings. The van der Waals surface area contributed by atoms with Crippen molar-refractivity contribution in [2.24, 2.45) is 0 Å². The molecule has 0 N–H and O–H groups in total. The second kappa shape index (κ2) is 18.3. The molecule has 10 rings (SSSR count). The third-order valence-corrected chi connectivity index (χ3v) is 11.7. The van der Waals surface area contributed by atoms with Crippen LogP contribution in [-0.4, -0.2) is 24.5 Å². The fourth-order valence-corrected chi connectivity index (χ4v) is 8.35. The van der Waals surface area contributed by atoms with Gasteiger partial charge in [-0.25, -0.2) is 4.98 Å². The molecule has 4 heterocycles. The zero-order valence-electron chi connectivity index (χ0n) is 34.9. The molecule has 0 saturated heterocycles. The quantitative estimate of drug-likeness (QED) is 0.116. The smallest absolute Gasteiger partial charge is 0.145 e. The van der Waals surface area contributed by atoms with Gasteiger partial charge in [0.25, 0.3) is 0 Å². The third-order valence-electron chi connectivity index (χ3n) is 11.7. The Morgan fingerprint density at radius 3 is 1.30 bits per heavy atom. The Hall–Kier alpha value is -8.02. The molecule has 0 aliphatic carbocycles. The van der Waals surface area contributed by atoms with E-state index in [1.54, 1.807) is 0 Å². The summed E-state index contributed by atoms with van der Waals surface area (Å²) in [6.45, 7) is 0. The topological polar surface area (TPSA) is 56.5 Å². The van der Waals surface area contributed by atoms with Crippen LogP contribution < -0.4 is 0 Å². The average molecular weight is 812 g/mol. The minimum atomic E-state index is 0.892. The van der Waals surface area contributed by atoms with Gasteiger partial charge in [0.2, 0.25) is 0 Å². The van der Waals surface area contributed by atoms with E-state index in [1.807, 2.05) is 61.2 Å². The first-order valence-corrected chi connectivity index (χ1v) is 21.6. The molecular formula is C58H45N5. The maximum absolute atomic E-state index is 5.07. The van der Waals surface area contributed by atoms with Gasteiger partial charge in [-0.3, -0.25) is 19.5 Å². The average Bonchev–Trinajstić information content (AvgIpc) is 3.87. The summed E-state index contributed by atoms with van der Waals surface area (Å²) in [5, 5.41) is 0. The predicted molar refractivity (Wildman–Crippen MR) is 257 cm³/mol. The first kappa shape index (κ1) is 39.1. The Labute approximate surface area is 369 Å². The Bertz CT molecular complexity index is 2950. The second-order valence-electron chi connectivity index (χ2n) is 15.9. The highest BCUT2D eigenvalue weighted by Gasteiger charge is 2.17. The highest BCUT2D eigenvalue weighted by molar-refractivity contribution is 5.86. The zero-order chi connectivity index (χ0) is 42.2. The lowest BCUT2D eigenvalue weighted by Crippen LogP contribution is -2.03. The Balaban J connectivity index is 0.995. The Morgan fingerprint density at radius 2 is 0.762 bits per heavy atom. The van der Waals surface area contributed by atoms with Gasteiger partial charge in [0, 0.05) is 58.9 Å². The van der Waals surface area contributed by atoms with Crippen molar-refractivity contribution < 1.29 is 0 Å². The number of hydrogen-bond donors (Lipinski definition) is 0. The highest BCUT2D eigenvalue weighted by Crippen LogP contribution is 2.37. The van der Waals surface area contributed by atoms with Crippen molar-refractivity contribution in [1.82, 2.24) is 24.5 Å². The van der Waals surface area contributed by atoms with Crippen LogP contribution in [0.1, 0.15) is 22.3 Å². The molecule has 0 bridgehead atoms. The number of aryl methyl sites for hydroxylation is 4. The summed E-state index contributed by atoms with van der Waals surface area (Å²) in [6, 6.07) is 68.9. The number of rotatable bonds is 13. The van der Waals surface area contributed by atoms with Crippen molar-refractivity contribution in [3.63, 3.8) is 0 Å². The first-order chi connectivity index (χ1) is 31.2. The van der Waals surface area contributed by atoms with E-state index in [-0.39, 0.29) is 0 Å². The van der Waals surface area contributed by atoms with E-state index in [9.17, 15) is 0 Å². The van der Waals surface area contributed by atoms with E-state index in [4.69, 9.17) is 9.97 Å². The maximum Gasteiger partial charge on any atom is 0.145 e. The molecule has 0 aliphatic heterocycles. The Kier molecular flexibility index (Phi) is 11.4. The molecule has 0 atom stereocenters. The lowest BCUT2D eigenvalue weighted by molar-refractivity contribution is 0.920. The molecule has 5 heteroatoms. The van der Waals surface area contributed by atoms with Crippen molar-refractivity contribution in [3.05, 3.63) is 247 Å². The number of nitrogens with zero attached hydrogens (tertiary/aromatic N) is 5. The number of pyridine rings is 3. The number of aromatic nitrogens is 5. The molecule has 0 spiro atoms. The predicted octanol–water partition coefficient (Wildman–Crippen LogP) is 13.6. The molecule has 0 radical (unpaired) electrons. The van der Waals surface area contributed by atoms with Crippen LogP contribution in [0.4, 0.5) is 0 Å². The molecular weight excluding hydrogens is 767 g/mol. The summed E-state index contributed by atoms with van der Waals surface area (Å²) >= 11 is 0.